The Morgan fingerprint density at radius 3 is 2.54 bits per heavy atom. The van der Waals surface area contributed by atoms with Crippen molar-refractivity contribution in [3.8, 4) is 11.5 Å². The first-order valence-electron chi connectivity index (χ1n) is 15.8. The molecule has 0 aliphatic carbocycles. The third-order valence-electron chi connectivity index (χ3n) is 8.18. The number of phenolic OH excluding ortho intramolecular Hbond substituents is 2. The van der Waals surface area contributed by atoms with E-state index in [2.05, 4.69) is 20.3 Å². The molecule has 262 valence electrons. The number of hydrogen-bond donors (Lipinski definition) is 5. The maximum absolute atomic E-state index is 13.2. The second-order valence-corrected chi connectivity index (χ2v) is 12.5. The van der Waals surface area contributed by atoms with Crippen molar-refractivity contribution in [3.63, 3.8) is 0 Å². The number of aliphatic imine (C=N–C) groups is 1. The molecular weight excluding hydrogens is 618 g/mol. The summed E-state index contributed by atoms with van der Waals surface area (Å²) >= 11 is 0. The molecule has 0 spiro atoms. The number of ether oxygens (including phenoxy) is 3. The first-order valence-corrected chi connectivity index (χ1v) is 15.8. The van der Waals surface area contributed by atoms with Crippen LogP contribution >= 0.6 is 0 Å². The summed E-state index contributed by atoms with van der Waals surface area (Å²) in [5.41, 5.74) is 1.66. The molecule has 1 amide bonds. The van der Waals surface area contributed by atoms with E-state index in [0.717, 1.165) is 0 Å². The van der Waals surface area contributed by atoms with Crippen molar-refractivity contribution in [2.45, 2.75) is 65.0 Å². The number of imidazole rings is 1. The minimum absolute atomic E-state index is 0.0261. The molecule has 48 heavy (non-hydrogen) atoms. The molecule has 13 heteroatoms. The topological polar surface area (TPSA) is 179 Å². The zero-order valence-corrected chi connectivity index (χ0v) is 28.9. The molecule has 0 saturated heterocycles. The fraction of sp³-hybridized carbons (Fsp3) is 0.486. The van der Waals surface area contributed by atoms with Crippen molar-refractivity contribution >= 4 is 29.5 Å². The van der Waals surface area contributed by atoms with Crippen LogP contribution in [-0.4, -0.2) is 108 Å². The maximum Gasteiger partial charge on any atom is 0.357 e. The molecule has 6 atom stereocenters. The average molecular weight is 668 g/mol. The fourth-order valence-corrected chi connectivity index (χ4v) is 5.46. The summed E-state index contributed by atoms with van der Waals surface area (Å²) in [5, 5.41) is 36.6. The van der Waals surface area contributed by atoms with Crippen LogP contribution < -0.4 is 5.32 Å². The number of rotatable bonds is 7. The molecule has 1 aliphatic rings. The normalized spacial score (nSPS) is 26.9. The Bertz CT molecular complexity index is 1520. The predicted octanol–water partition coefficient (Wildman–Crippen LogP) is 4.31. The van der Waals surface area contributed by atoms with Crippen LogP contribution in [0.2, 0.25) is 0 Å². The summed E-state index contributed by atoms with van der Waals surface area (Å²) in [5.74, 6) is -2.18. The van der Waals surface area contributed by atoms with Crippen LogP contribution in [0, 0.1) is 11.8 Å². The molecular formula is C35H49N5O8. The molecule has 5 N–H and O–H groups in total. The second-order valence-electron chi connectivity index (χ2n) is 12.5. The molecule has 0 radical (unpaired) electrons. The van der Waals surface area contributed by atoms with Gasteiger partial charge >= 0.3 is 5.97 Å². The van der Waals surface area contributed by atoms with Gasteiger partial charge in [-0.1, -0.05) is 38.2 Å². The van der Waals surface area contributed by atoms with Crippen molar-refractivity contribution in [2.75, 3.05) is 40.2 Å². The highest BCUT2D eigenvalue weighted by Gasteiger charge is 2.31. The SMILES string of the molecule is CO[C@H]1C=C/C=C(\C)C(=O)Nc2cc(O)c(N=CCN(C)C)c(c2O)C[C@@H](C)C[C@H](OC)[C@H](O)[C@@H](C)/C=C(\C)[C@@H]1OC(=O)c1cnc[nH]1. The molecule has 2 heterocycles. The molecule has 0 unspecified atom stereocenters. The van der Waals surface area contributed by atoms with Crippen molar-refractivity contribution in [1.29, 1.82) is 0 Å². The molecule has 3 rings (SSSR count). The van der Waals surface area contributed by atoms with Gasteiger partial charge in [-0.3, -0.25) is 9.79 Å². The largest absolute Gasteiger partial charge is 0.506 e. The lowest BCUT2D eigenvalue weighted by Crippen LogP contribution is -2.36. The Kier molecular flexibility index (Phi) is 14.1. The molecule has 1 aliphatic heterocycles. The quantitative estimate of drug-likeness (QED) is 0.0940. The number of benzene rings is 1. The molecule has 13 nitrogen and oxygen atoms in total. The van der Waals surface area contributed by atoms with Crippen molar-refractivity contribution in [3.05, 3.63) is 65.3 Å². The number of carbonyl (C=O) groups is 2. The molecule has 0 saturated carbocycles. The predicted molar refractivity (Wildman–Crippen MR) is 184 cm³/mol. The van der Waals surface area contributed by atoms with Gasteiger partial charge < -0.3 is 44.7 Å². The Balaban J connectivity index is 2.11. The highest BCUT2D eigenvalue weighted by Crippen LogP contribution is 2.44. The van der Waals surface area contributed by atoms with E-state index in [4.69, 9.17) is 14.2 Å². The molecule has 1 aromatic carbocycles. The Hall–Kier alpha value is -4.30. The first-order chi connectivity index (χ1) is 22.8. The lowest BCUT2D eigenvalue weighted by atomic mass is 9.87. The van der Waals surface area contributed by atoms with Gasteiger partial charge in [0.2, 0.25) is 0 Å². The van der Waals surface area contributed by atoms with E-state index >= 15 is 0 Å². The van der Waals surface area contributed by atoms with Gasteiger partial charge in [-0.25, -0.2) is 9.78 Å². The standard InChI is InChI=1S/C35H49N5O8/c1-20-14-24-30(37-12-13-40(5)6)27(41)17-25(32(24)43)39-34(44)21(2)10-9-11-28(46-7)33(48-35(45)26-18-36-19-38-26)23(4)16-22(3)31(42)29(15-20)47-8/h9-12,16-20,22,28-29,31,33,41-43H,13-15H2,1-8H3,(H,36,38)(H,39,44)/b11-9?,21-10+,23-16+,37-12?/t20-,22+,28+,29+,31-,33+/m1/s1. The summed E-state index contributed by atoms with van der Waals surface area (Å²) in [6.07, 6.45) is 8.40. The zero-order valence-electron chi connectivity index (χ0n) is 28.9. The van der Waals surface area contributed by atoms with Gasteiger partial charge in [-0.15, -0.1) is 0 Å². The number of hydrogen-bond acceptors (Lipinski definition) is 11. The van der Waals surface area contributed by atoms with E-state index in [-0.39, 0.29) is 40.9 Å². The van der Waals surface area contributed by atoms with Crippen LogP contribution in [0.1, 0.15) is 50.2 Å². The summed E-state index contributed by atoms with van der Waals surface area (Å²) < 4.78 is 17.4. The lowest BCUT2D eigenvalue weighted by molar-refractivity contribution is -0.112. The number of phenols is 2. The molecule has 0 fully saturated rings. The summed E-state index contributed by atoms with van der Waals surface area (Å²) in [4.78, 5) is 39.2. The number of aliphatic hydroxyl groups is 1. The van der Waals surface area contributed by atoms with E-state index in [0.29, 0.717) is 29.7 Å². The summed E-state index contributed by atoms with van der Waals surface area (Å²) in [6, 6.07) is 1.27. The van der Waals surface area contributed by atoms with E-state index in [1.165, 1.54) is 32.8 Å². The Morgan fingerprint density at radius 1 is 1.19 bits per heavy atom. The molecule has 2 bridgehead atoms. The summed E-state index contributed by atoms with van der Waals surface area (Å²) in [6.45, 7) is 7.66. The highest BCUT2D eigenvalue weighted by atomic mass is 16.6. The van der Waals surface area contributed by atoms with Crippen molar-refractivity contribution < 1.29 is 39.1 Å². The van der Waals surface area contributed by atoms with E-state index in [9.17, 15) is 24.9 Å². The van der Waals surface area contributed by atoms with Gasteiger partial charge in [0.25, 0.3) is 5.91 Å². The van der Waals surface area contributed by atoms with Gasteiger partial charge in [-0.2, -0.15) is 0 Å². The minimum atomic E-state index is -0.953. The number of allylic oxidation sites excluding steroid dienone is 2. The number of esters is 1. The van der Waals surface area contributed by atoms with Crippen LogP contribution in [0.25, 0.3) is 0 Å². The highest BCUT2D eigenvalue weighted by molar-refractivity contribution is 6.04. The maximum atomic E-state index is 13.2. The number of nitrogens with one attached hydrogen (secondary N) is 2. The number of anilines is 1. The van der Waals surface area contributed by atoms with Crippen LogP contribution in [-0.2, 0) is 25.4 Å². The van der Waals surface area contributed by atoms with Gasteiger partial charge in [0.05, 0.1) is 30.4 Å². The number of aliphatic hydroxyl groups excluding tert-OH is 1. The van der Waals surface area contributed by atoms with Crippen LogP contribution in [0.4, 0.5) is 11.4 Å². The number of H-pyrrole nitrogens is 1. The number of methoxy groups -OCH3 is 2. The smallest absolute Gasteiger partial charge is 0.357 e. The van der Waals surface area contributed by atoms with Gasteiger partial charge in [0, 0.05) is 50.1 Å². The number of amides is 1. The van der Waals surface area contributed by atoms with Crippen LogP contribution in [0.3, 0.4) is 0 Å². The Morgan fingerprint density at radius 2 is 1.92 bits per heavy atom. The number of nitrogens with zero attached hydrogens (tertiary/aromatic N) is 3. The molecule has 2 aromatic rings. The van der Waals surface area contributed by atoms with Gasteiger partial charge in [0.1, 0.15) is 29.0 Å². The fourth-order valence-electron chi connectivity index (χ4n) is 5.46. The number of fused-ring (bicyclic) bond motifs is 2. The first kappa shape index (κ1) is 38.2. The van der Waals surface area contributed by atoms with E-state index in [1.54, 1.807) is 38.3 Å². The van der Waals surface area contributed by atoms with Gasteiger partial charge in [0.15, 0.2) is 6.10 Å². The van der Waals surface area contributed by atoms with E-state index < -0.39 is 42.2 Å². The number of carbonyl (C=O) groups excluding carboxylic acids is 2. The van der Waals surface area contributed by atoms with Crippen LogP contribution in [0.15, 0.2) is 59.0 Å². The van der Waals surface area contributed by atoms with Crippen LogP contribution in [0.5, 0.6) is 11.5 Å². The third kappa shape index (κ3) is 10.1. The average Bonchev–Trinajstić information content (AvgIpc) is 3.59. The number of aromatic hydroxyl groups is 2. The minimum Gasteiger partial charge on any atom is -0.506 e. The number of aromatic nitrogens is 2. The third-order valence-corrected chi connectivity index (χ3v) is 8.18. The van der Waals surface area contributed by atoms with E-state index in [1.807, 2.05) is 38.9 Å². The Labute approximate surface area is 282 Å². The van der Waals surface area contributed by atoms with Gasteiger partial charge in [-0.05, 0) is 52.3 Å². The van der Waals surface area contributed by atoms with Crippen molar-refractivity contribution in [2.24, 2.45) is 16.8 Å². The summed E-state index contributed by atoms with van der Waals surface area (Å²) in [7, 11) is 6.76. The lowest BCUT2D eigenvalue weighted by Gasteiger charge is -2.29. The zero-order chi connectivity index (χ0) is 35.5. The molecule has 1 aromatic heterocycles. The number of aromatic amines is 1. The van der Waals surface area contributed by atoms with Crippen molar-refractivity contribution in [1.82, 2.24) is 14.9 Å². The monoisotopic (exact) mass is 667 g/mol. The second kappa shape index (κ2) is 17.7.